The van der Waals surface area contributed by atoms with Gasteiger partial charge in [0.15, 0.2) is 0 Å². The smallest absolute Gasteiger partial charge is 0.382 e. The second-order valence-corrected chi connectivity index (χ2v) is 4.93. The van der Waals surface area contributed by atoms with Crippen LogP contribution in [0.25, 0.3) is 22.5 Å². The van der Waals surface area contributed by atoms with Gasteiger partial charge in [0.2, 0.25) is 0 Å². The molecule has 1 heterocycles. The summed E-state index contributed by atoms with van der Waals surface area (Å²) in [6, 6.07) is 14.1. The van der Waals surface area contributed by atoms with E-state index in [1.807, 2.05) is 30.3 Å². The van der Waals surface area contributed by atoms with E-state index in [0.717, 1.165) is 17.7 Å². The Labute approximate surface area is 130 Å². The van der Waals surface area contributed by atoms with Crippen molar-refractivity contribution in [3.63, 3.8) is 0 Å². The number of hydrogen-bond donors (Lipinski definition) is 1. The number of nitrogen functional groups attached to an aromatic ring is 1. The Bertz CT molecular complexity index is 813. The van der Waals surface area contributed by atoms with E-state index >= 15 is 0 Å². The summed E-state index contributed by atoms with van der Waals surface area (Å²) in [7, 11) is 0. The number of alkyl halides is 3. The molecular formula is C17H12F3N3. The molecule has 0 unspecified atom stereocenters. The van der Waals surface area contributed by atoms with Gasteiger partial charge in [0, 0.05) is 11.1 Å². The zero-order valence-corrected chi connectivity index (χ0v) is 11.9. The lowest BCUT2D eigenvalue weighted by atomic mass is 10.1. The van der Waals surface area contributed by atoms with E-state index in [0.29, 0.717) is 17.0 Å². The Morgan fingerprint density at radius 2 is 1.48 bits per heavy atom. The Morgan fingerprint density at radius 3 is 2.09 bits per heavy atom. The second-order valence-electron chi connectivity index (χ2n) is 4.93. The number of anilines is 1. The van der Waals surface area contributed by atoms with E-state index in [1.54, 1.807) is 0 Å². The molecule has 1 aromatic heterocycles. The van der Waals surface area contributed by atoms with Gasteiger partial charge in [0.1, 0.15) is 11.5 Å². The maximum Gasteiger partial charge on any atom is 0.416 e. The largest absolute Gasteiger partial charge is 0.416 e. The van der Waals surface area contributed by atoms with Crippen LogP contribution in [0.2, 0.25) is 0 Å². The van der Waals surface area contributed by atoms with Gasteiger partial charge < -0.3 is 5.73 Å². The van der Waals surface area contributed by atoms with E-state index in [9.17, 15) is 13.2 Å². The Balaban J connectivity index is 2.03. The standard InChI is InChI=1S/C17H12F3N3/c18-17(19,20)13-8-6-12(7-9-13)15-16(21)22-10-14(23-15)11-4-2-1-3-5-11/h1-10H,(H2,21,22). The van der Waals surface area contributed by atoms with Gasteiger partial charge in [-0.15, -0.1) is 0 Å². The first-order chi connectivity index (χ1) is 10.9. The number of nitrogens with zero attached hydrogens (tertiary/aromatic N) is 2. The van der Waals surface area contributed by atoms with Crippen LogP contribution in [0.1, 0.15) is 5.56 Å². The molecule has 3 rings (SSSR count). The lowest BCUT2D eigenvalue weighted by molar-refractivity contribution is -0.137. The molecule has 0 bridgehead atoms. The molecule has 0 saturated heterocycles. The van der Waals surface area contributed by atoms with Crippen molar-refractivity contribution in [2.75, 3.05) is 5.73 Å². The van der Waals surface area contributed by atoms with Crippen molar-refractivity contribution >= 4 is 5.82 Å². The summed E-state index contributed by atoms with van der Waals surface area (Å²) in [5.41, 5.74) is 7.42. The average molecular weight is 315 g/mol. The SMILES string of the molecule is Nc1ncc(-c2ccccc2)nc1-c1ccc(C(F)(F)F)cc1. The molecule has 2 N–H and O–H groups in total. The van der Waals surface area contributed by atoms with Crippen LogP contribution < -0.4 is 5.73 Å². The van der Waals surface area contributed by atoms with Crippen molar-refractivity contribution in [2.24, 2.45) is 0 Å². The summed E-state index contributed by atoms with van der Waals surface area (Å²) in [4.78, 5) is 8.53. The minimum atomic E-state index is -4.37. The third-order valence-electron chi connectivity index (χ3n) is 3.36. The van der Waals surface area contributed by atoms with Crippen LogP contribution in [-0.4, -0.2) is 9.97 Å². The summed E-state index contributed by atoms with van der Waals surface area (Å²) in [6.45, 7) is 0. The van der Waals surface area contributed by atoms with Crippen molar-refractivity contribution in [3.05, 3.63) is 66.4 Å². The molecular weight excluding hydrogens is 303 g/mol. The first-order valence-electron chi connectivity index (χ1n) is 6.81. The maximum atomic E-state index is 12.6. The first kappa shape index (κ1) is 15.0. The average Bonchev–Trinajstić information content (AvgIpc) is 2.55. The number of halogens is 3. The number of benzene rings is 2. The molecule has 116 valence electrons. The van der Waals surface area contributed by atoms with Crippen molar-refractivity contribution in [3.8, 4) is 22.5 Å². The minimum Gasteiger partial charge on any atom is -0.382 e. The highest BCUT2D eigenvalue weighted by Crippen LogP contribution is 2.32. The zero-order valence-electron chi connectivity index (χ0n) is 11.9. The Kier molecular flexibility index (Phi) is 3.73. The molecule has 3 aromatic rings. The number of aromatic nitrogens is 2. The van der Waals surface area contributed by atoms with Crippen LogP contribution in [0, 0.1) is 0 Å². The van der Waals surface area contributed by atoms with Crippen molar-refractivity contribution in [2.45, 2.75) is 6.18 Å². The fourth-order valence-corrected chi connectivity index (χ4v) is 2.18. The summed E-state index contributed by atoms with van der Waals surface area (Å²) in [5, 5.41) is 0. The van der Waals surface area contributed by atoms with Gasteiger partial charge in [-0.3, -0.25) is 0 Å². The van der Waals surface area contributed by atoms with E-state index < -0.39 is 11.7 Å². The number of rotatable bonds is 2. The van der Waals surface area contributed by atoms with Gasteiger partial charge in [-0.05, 0) is 12.1 Å². The topological polar surface area (TPSA) is 51.8 Å². The quantitative estimate of drug-likeness (QED) is 0.762. The maximum absolute atomic E-state index is 12.6. The highest BCUT2D eigenvalue weighted by Gasteiger charge is 2.30. The van der Waals surface area contributed by atoms with Crippen LogP contribution in [0.3, 0.4) is 0 Å². The fourth-order valence-electron chi connectivity index (χ4n) is 2.18. The van der Waals surface area contributed by atoms with Crippen molar-refractivity contribution < 1.29 is 13.2 Å². The lowest BCUT2D eigenvalue weighted by Crippen LogP contribution is -2.04. The predicted molar refractivity (Wildman–Crippen MR) is 82.3 cm³/mol. The van der Waals surface area contributed by atoms with E-state index in [1.165, 1.54) is 18.3 Å². The molecule has 0 aliphatic heterocycles. The zero-order chi connectivity index (χ0) is 16.4. The van der Waals surface area contributed by atoms with E-state index in [2.05, 4.69) is 9.97 Å². The summed E-state index contributed by atoms with van der Waals surface area (Å²) < 4.78 is 37.9. The molecule has 6 heteroatoms. The molecule has 3 nitrogen and oxygen atoms in total. The molecule has 2 aromatic carbocycles. The van der Waals surface area contributed by atoms with Crippen LogP contribution >= 0.6 is 0 Å². The summed E-state index contributed by atoms with van der Waals surface area (Å²) in [6.07, 6.45) is -2.83. The number of hydrogen-bond acceptors (Lipinski definition) is 3. The fraction of sp³-hybridized carbons (Fsp3) is 0.0588. The van der Waals surface area contributed by atoms with Crippen LogP contribution in [0.15, 0.2) is 60.8 Å². The molecule has 0 saturated carbocycles. The molecule has 23 heavy (non-hydrogen) atoms. The van der Waals surface area contributed by atoms with Crippen molar-refractivity contribution in [1.29, 1.82) is 0 Å². The molecule has 0 amide bonds. The van der Waals surface area contributed by atoms with Gasteiger partial charge in [-0.1, -0.05) is 42.5 Å². The first-order valence-corrected chi connectivity index (χ1v) is 6.81. The van der Waals surface area contributed by atoms with Crippen LogP contribution in [0.4, 0.5) is 19.0 Å². The number of nitrogens with two attached hydrogens (primary N) is 1. The predicted octanol–water partition coefficient (Wildman–Crippen LogP) is 4.41. The molecule has 0 radical (unpaired) electrons. The minimum absolute atomic E-state index is 0.171. The molecule has 0 aliphatic rings. The van der Waals surface area contributed by atoms with Gasteiger partial charge >= 0.3 is 6.18 Å². The third kappa shape index (κ3) is 3.15. The second kappa shape index (κ2) is 5.72. The van der Waals surface area contributed by atoms with E-state index in [4.69, 9.17) is 5.73 Å². The Morgan fingerprint density at radius 1 is 0.826 bits per heavy atom. The van der Waals surface area contributed by atoms with Gasteiger partial charge in [0.25, 0.3) is 0 Å². The molecule has 0 fully saturated rings. The van der Waals surface area contributed by atoms with E-state index in [-0.39, 0.29) is 5.82 Å². The lowest BCUT2D eigenvalue weighted by Gasteiger charge is -2.10. The van der Waals surface area contributed by atoms with Crippen LogP contribution in [-0.2, 0) is 6.18 Å². The molecule has 0 aliphatic carbocycles. The normalized spacial score (nSPS) is 11.4. The summed E-state index contributed by atoms with van der Waals surface area (Å²) in [5.74, 6) is 0.171. The van der Waals surface area contributed by atoms with Crippen LogP contribution in [0.5, 0.6) is 0 Å². The molecule has 0 atom stereocenters. The Hall–Kier alpha value is -2.89. The van der Waals surface area contributed by atoms with Gasteiger partial charge in [-0.2, -0.15) is 13.2 Å². The highest BCUT2D eigenvalue weighted by molar-refractivity contribution is 5.73. The monoisotopic (exact) mass is 315 g/mol. The van der Waals surface area contributed by atoms with Crippen molar-refractivity contribution in [1.82, 2.24) is 9.97 Å². The third-order valence-corrected chi connectivity index (χ3v) is 3.36. The highest BCUT2D eigenvalue weighted by atomic mass is 19.4. The van der Waals surface area contributed by atoms with Gasteiger partial charge in [-0.25, -0.2) is 9.97 Å². The van der Waals surface area contributed by atoms with Gasteiger partial charge in [0.05, 0.1) is 17.5 Å². The molecule has 0 spiro atoms. The summed E-state index contributed by atoms with van der Waals surface area (Å²) >= 11 is 0.